The number of anilines is 1. The van der Waals surface area contributed by atoms with Crippen LogP contribution in [-0.2, 0) is 13.0 Å². The molecule has 6 nitrogen and oxygen atoms in total. The Morgan fingerprint density at radius 1 is 1.26 bits per heavy atom. The quantitative estimate of drug-likeness (QED) is 0.748. The van der Waals surface area contributed by atoms with Gasteiger partial charge >= 0.3 is 6.03 Å². The fourth-order valence-electron chi connectivity index (χ4n) is 3.71. The number of hydrogen-bond donors (Lipinski definition) is 2. The molecule has 4 rings (SSSR count). The molecule has 2 aromatic heterocycles. The summed E-state index contributed by atoms with van der Waals surface area (Å²) in [6.45, 7) is 4.52. The first-order valence-electron chi connectivity index (χ1n) is 9.23. The molecule has 2 heterocycles. The third kappa shape index (κ3) is 3.18. The molecule has 2 N–H and O–H groups in total. The van der Waals surface area contributed by atoms with Crippen molar-refractivity contribution in [3.63, 3.8) is 0 Å². The van der Waals surface area contributed by atoms with Crippen molar-refractivity contribution in [2.24, 2.45) is 0 Å². The molecular weight excluding hydrogens is 340 g/mol. The number of nitrogens with zero attached hydrogens (tertiary/aromatic N) is 2. The van der Waals surface area contributed by atoms with Crippen molar-refractivity contribution in [1.29, 1.82) is 0 Å². The molecule has 0 fully saturated rings. The summed E-state index contributed by atoms with van der Waals surface area (Å²) in [6, 6.07) is 11.3. The summed E-state index contributed by atoms with van der Waals surface area (Å²) in [5.74, 6) is 0. The van der Waals surface area contributed by atoms with Gasteiger partial charge < -0.3 is 15.2 Å². The largest absolute Gasteiger partial charge is 0.331 e. The molecule has 138 valence electrons. The summed E-state index contributed by atoms with van der Waals surface area (Å²) in [5.41, 5.74) is 3.95. The van der Waals surface area contributed by atoms with Crippen LogP contribution in [0.3, 0.4) is 0 Å². The van der Waals surface area contributed by atoms with E-state index in [-0.39, 0.29) is 23.2 Å². The molecule has 1 atom stereocenters. The Labute approximate surface area is 157 Å². The summed E-state index contributed by atoms with van der Waals surface area (Å²) in [6.07, 6.45) is 3.48. The lowest BCUT2D eigenvalue weighted by molar-refractivity contribution is 0.248. The number of benzene rings is 1. The minimum atomic E-state index is -0.365. The van der Waals surface area contributed by atoms with Crippen LogP contribution in [0.4, 0.5) is 10.5 Å². The van der Waals surface area contributed by atoms with Gasteiger partial charge in [0.1, 0.15) is 11.3 Å². The first-order valence-corrected chi connectivity index (χ1v) is 9.23. The van der Waals surface area contributed by atoms with Gasteiger partial charge in [0.25, 0.3) is 0 Å². The lowest BCUT2D eigenvalue weighted by Crippen LogP contribution is -2.33. The van der Waals surface area contributed by atoms with Crippen molar-refractivity contribution in [3.05, 3.63) is 69.6 Å². The zero-order valence-corrected chi connectivity index (χ0v) is 15.5. The maximum atomic E-state index is 12.8. The van der Waals surface area contributed by atoms with E-state index in [2.05, 4.69) is 21.7 Å². The Morgan fingerprint density at radius 3 is 2.89 bits per heavy atom. The number of carbonyl (C=O) groups is 1. The first-order chi connectivity index (χ1) is 13.1. The fraction of sp³-hybridized carbons (Fsp3) is 0.286. The maximum absolute atomic E-state index is 12.8. The van der Waals surface area contributed by atoms with E-state index >= 15 is 0 Å². The Balaban J connectivity index is 1.60. The number of urea groups is 1. The molecule has 3 aromatic rings. The Bertz CT molecular complexity index is 1090. The minimum absolute atomic E-state index is 0.0284. The molecule has 1 aliphatic carbocycles. The Morgan fingerprint density at radius 2 is 2.07 bits per heavy atom. The van der Waals surface area contributed by atoms with E-state index in [0.717, 1.165) is 24.1 Å². The number of aryl methyl sites for hydroxylation is 3. The molecule has 1 unspecified atom stereocenters. The standard InChI is InChI=1S/C21H22N4O2/c1-3-25-12-18(19(26)16-10-8-13(2)22-20(16)25)24-21(27)23-17-11-9-14-6-4-5-7-15(14)17/h4-8,10,12,17H,3,9,11H2,1-2H3,(H2,23,24,27). The van der Waals surface area contributed by atoms with E-state index in [0.29, 0.717) is 17.6 Å². The van der Waals surface area contributed by atoms with Crippen LogP contribution in [0.5, 0.6) is 0 Å². The van der Waals surface area contributed by atoms with Crippen LogP contribution in [-0.4, -0.2) is 15.6 Å². The van der Waals surface area contributed by atoms with Crippen molar-refractivity contribution < 1.29 is 4.79 Å². The maximum Gasteiger partial charge on any atom is 0.319 e. The van der Waals surface area contributed by atoms with Gasteiger partial charge in [-0.3, -0.25) is 4.79 Å². The second kappa shape index (κ2) is 6.87. The normalized spacial score (nSPS) is 15.6. The van der Waals surface area contributed by atoms with E-state index in [1.165, 1.54) is 5.56 Å². The highest BCUT2D eigenvalue weighted by atomic mass is 16.2. The summed E-state index contributed by atoms with van der Waals surface area (Å²) >= 11 is 0. The van der Waals surface area contributed by atoms with Gasteiger partial charge in [0.15, 0.2) is 0 Å². The number of amides is 2. The van der Waals surface area contributed by atoms with Gasteiger partial charge in [-0.05, 0) is 49.9 Å². The Hall–Kier alpha value is -3.15. The van der Waals surface area contributed by atoms with Gasteiger partial charge in [0.05, 0.1) is 11.4 Å². The van der Waals surface area contributed by atoms with Crippen LogP contribution in [0.1, 0.15) is 36.2 Å². The van der Waals surface area contributed by atoms with Gasteiger partial charge in [-0.1, -0.05) is 24.3 Å². The minimum Gasteiger partial charge on any atom is -0.331 e. The fourth-order valence-corrected chi connectivity index (χ4v) is 3.71. The van der Waals surface area contributed by atoms with Gasteiger partial charge in [-0.2, -0.15) is 0 Å². The molecule has 0 spiro atoms. The van der Waals surface area contributed by atoms with Gasteiger partial charge in [0, 0.05) is 18.4 Å². The SMILES string of the molecule is CCn1cc(NC(=O)NC2CCc3ccccc32)c(=O)c2ccc(C)nc21. The number of carbonyl (C=O) groups excluding carboxylic acids is 1. The van der Waals surface area contributed by atoms with Crippen LogP contribution in [0, 0.1) is 6.92 Å². The average molecular weight is 362 g/mol. The zero-order valence-electron chi connectivity index (χ0n) is 15.5. The van der Waals surface area contributed by atoms with Crippen LogP contribution in [0.2, 0.25) is 0 Å². The average Bonchev–Trinajstić information content (AvgIpc) is 3.07. The highest BCUT2D eigenvalue weighted by molar-refractivity contribution is 5.91. The topological polar surface area (TPSA) is 76.0 Å². The number of hydrogen-bond acceptors (Lipinski definition) is 3. The van der Waals surface area contributed by atoms with Crippen molar-refractivity contribution in [1.82, 2.24) is 14.9 Å². The van der Waals surface area contributed by atoms with Gasteiger partial charge in [-0.15, -0.1) is 0 Å². The van der Waals surface area contributed by atoms with Crippen molar-refractivity contribution >= 4 is 22.8 Å². The molecular formula is C21H22N4O2. The van der Waals surface area contributed by atoms with E-state index in [1.807, 2.05) is 42.7 Å². The number of nitrogens with one attached hydrogen (secondary N) is 2. The number of pyridine rings is 2. The molecule has 1 aliphatic rings. The molecule has 0 bridgehead atoms. The monoisotopic (exact) mass is 362 g/mol. The summed E-state index contributed by atoms with van der Waals surface area (Å²) in [5, 5.41) is 6.24. The molecule has 0 saturated heterocycles. The summed E-state index contributed by atoms with van der Waals surface area (Å²) in [7, 11) is 0. The van der Waals surface area contributed by atoms with Crippen LogP contribution >= 0.6 is 0 Å². The number of rotatable bonds is 3. The van der Waals surface area contributed by atoms with E-state index in [9.17, 15) is 9.59 Å². The van der Waals surface area contributed by atoms with E-state index in [4.69, 9.17) is 0 Å². The van der Waals surface area contributed by atoms with E-state index < -0.39 is 0 Å². The predicted octanol–water partition coefficient (Wildman–Crippen LogP) is 3.53. The lowest BCUT2D eigenvalue weighted by Gasteiger charge is -2.16. The third-order valence-corrected chi connectivity index (χ3v) is 5.09. The van der Waals surface area contributed by atoms with Crippen molar-refractivity contribution in [3.8, 4) is 0 Å². The van der Waals surface area contributed by atoms with Crippen LogP contribution in [0.15, 0.2) is 47.4 Å². The van der Waals surface area contributed by atoms with Crippen molar-refractivity contribution in [2.75, 3.05) is 5.32 Å². The van der Waals surface area contributed by atoms with Crippen LogP contribution in [0.25, 0.3) is 11.0 Å². The van der Waals surface area contributed by atoms with Gasteiger partial charge in [0.2, 0.25) is 5.43 Å². The van der Waals surface area contributed by atoms with Crippen molar-refractivity contribution in [2.45, 2.75) is 39.3 Å². The smallest absolute Gasteiger partial charge is 0.319 e. The molecule has 0 saturated carbocycles. The second-order valence-corrected chi connectivity index (χ2v) is 6.87. The molecule has 6 heteroatoms. The summed E-state index contributed by atoms with van der Waals surface area (Å²) < 4.78 is 1.88. The highest BCUT2D eigenvalue weighted by Gasteiger charge is 2.23. The molecule has 0 aliphatic heterocycles. The molecule has 0 radical (unpaired) electrons. The van der Waals surface area contributed by atoms with E-state index in [1.54, 1.807) is 12.3 Å². The molecule has 2 amide bonds. The lowest BCUT2D eigenvalue weighted by atomic mass is 10.1. The zero-order chi connectivity index (χ0) is 19.0. The summed E-state index contributed by atoms with van der Waals surface area (Å²) in [4.78, 5) is 29.8. The predicted molar refractivity (Wildman–Crippen MR) is 106 cm³/mol. The Kier molecular flexibility index (Phi) is 4.39. The van der Waals surface area contributed by atoms with Gasteiger partial charge in [-0.25, -0.2) is 9.78 Å². The third-order valence-electron chi connectivity index (χ3n) is 5.09. The molecule has 27 heavy (non-hydrogen) atoms. The van der Waals surface area contributed by atoms with Crippen LogP contribution < -0.4 is 16.1 Å². The molecule has 1 aromatic carbocycles. The highest BCUT2D eigenvalue weighted by Crippen LogP contribution is 2.30. The second-order valence-electron chi connectivity index (χ2n) is 6.87. The number of fused-ring (bicyclic) bond motifs is 2. The first kappa shape index (κ1) is 17.3. The number of aromatic nitrogens is 2.